The van der Waals surface area contributed by atoms with E-state index < -0.39 is 10.0 Å². The first-order valence-corrected chi connectivity index (χ1v) is 12.6. The first kappa shape index (κ1) is 21.5. The Kier molecular flexibility index (Phi) is 6.05. The molecule has 30 heavy (non-hydrogen) atoms. The van der Waals surface area contributed by atoms with E-state index in [-0.39, 0.29) is 22.9 Å². The lowest BCUT2D eigenvalue weighted by Gasteiger charge is -2.34. The molecule has 162 valence electrons. The number of carbonyl (C=O) groups excluding carboxylic acids is 1. The van der Waals surface area contributed by atoms with Crippen molar-refractivity contribution >= 4 is 31.9 Å². The van der Waals surface area contributed by atoms with Crippen LogP contribution in [-0.2, 0) is 21.9 Å². The highest BCUT2D eigenvalue weighted by molar-refractivity contribution is 9.10. The lowest BCUT2D eigenvalue weighted by molar-refractivity contribution is -0.137. The number of hydrogen-bond donors (Lipinski definition) is 0. The maximum Gasteiger partial charge on any atom is 0.262 e. The Morgan fingerprint density at radius 1 is 1.17 bits per heavy atom. The molecule has 1 unspecified atom stereocenters. The van der Waals surface area contributed by atoms with Gasteiger partial charge in [-0.2, -0.15) is 4.31 Å². The molecule has 0 saturated carbocycles. The molecule has 0 bridgehead atoms. The van der Waals surface area contributed by atoms with Crippen molar-refractivity contribution in [3.8, 4) is 0 Å². The summed E-state index contributed by atoms with van der Waals surface area (Å²) in [6.07, 6.45) is 4.61. The predicted octanol–water partition coefficient (Wildman–Crippen LogP) is 3.26. The minimum atomic E-state index is -3.62. The molecule has 1 aromatic heterocycles. The molecule has 3 heterocycles. The highest BCUT2D eigenvalue weighted by Crippen LogP contribution is 2.36. The number of nitrogens with zero attached hydrogens (tertiary/aromatic N) is 4. The summed E-state index contributed by atoms with van der Waals surface area (Å²) in [5.41, 5.74) is 1.15. The Morgan fingerprint density at radius 2 is 1.90 bits per heavy atom. The smallest absolute Gasteiger partial charge is 0.262 e. The highest BCUT2D eigenvalue weighted by atomic mass is 79.9. The van der Waals surface area contributed by atoms with Gasteiger partial charge in [-0.25, -0.2) is 13.4 Å². The van der Waals surface area contributed by atoms with Gasteiger partial charge in [-0.3, -0.25) is 4.79 Å². The van der Waals surface area contributed by atoms with Crippen molar-refractivity contribution in [3.63, 3.8) is 0 Å². The molecule has 1 atom stereocenters. The maximum atomic E-state index is 13.3. The van der Waals surface area contributed by atoms with Gasteiger partial charge in [0.1, 0.15) is 5.82 Å². The van der Waals surface area contributed by atoms with Crippen LogP contribution in [0.25, 0.3) is 0 Å². The number of likely N-dealkylation sites (tertiary alicyclic amines) is 1. The number of amides is 1. The quantitative estimate of drug-likeness (QED) is 0.653. The minimum Gasteiger partial charge on any atom is -0.337 e. The summed E-state index contributed by atoms with van der Waals surface area (Å²) in [7, 11) is -1.84. The molecule has 9 heteroatoms. The van der Waals surface area contributed by atoms with Crippen LogP contribution in [0.1, 0.15) is 43.1 Å². The standard InChI is InChI=1S/C21H27BrN4O3S/c1-15-23-20(14-24(15)2)30(28,29)25-11-8-16(9-12-25)21(27)26-10-4-7-19(26)17-5-3-6-18(22)13-17/h3,5-6,13-14,16,19H,4,7-12H2,1-2H3. The van der Waals surface area contributed by atoms with Crippen molar-refractivity contribution in [2.45, 2.75) is 43.7 Å². The van der Waals surface area contributed by atoms with Crippen LogP contribution in [0.3, 0.4) is 0 Å². The molecule has 2 aliphatic heterocycles. The van der Waals surface area contributed by atoms with Gasteiger partial charge in [0, 0.05) is 43.3 Å². The van der Waals surface area contributed by atoms with Crippen LogP contribution < -0.4 is 0 Å². The summed E-state index contributed by atoms with van der Waals surface area (Å²) in [4.78, 5) is 19.5. The minimum absolute atomic E-state index is 0.0848. The summed E-state index contributed by atoms with van der Waals surface area (Å²) in [6, 6.07) is 8.26. The third-order valence-electron chi connectivity index (χ3n) is 6.26. The number of sulfonamides is 1. The summed E-state index contributed by atoms with van der Waals surface area (Å²) in [5.74, 6) is 0.684. The normalized spacial score (nSPS) is 21.3. The zero-order valence-electron chi connectivity index (χ0n) is 17.3. The third kappa shape index (κ3) is 4.07. The van der Waals surface area contributed by atoms with Gasteiger partial charge < -0.3 is 9.47 Å². The highest BCUT2D eigenvalue weighted by Gasteiger charge is 2.38. The fourth-order valence-corrected chi connectivity index (χ4v) is 6.36. The first-order chi connectivity index (χ1) is 14.3. The molecule has 0 radical (unpaired) electrons. The van der Waals surface area contributed by atoms with E-state index in [0.717, 1.165) is 29.4 Å². The summed E-state index contributed by atoms with van der Waals surface area (Å²) >= 11 is 3.52. The van der Waals surface area contributed by atoms with Crippen LogP contribution in [0.5, 0.6) is 0 Å². The molecule has 1 aromatic carbocycles. The van der Waals surface area contributed by atoms with Gasteiger partial charge in [0.05, 0.1) is 6.04 Å². The van der Waals surface area contributed by atoms with Crippen LogP contribution >= 0.6 is 15.9 Å². The number of aryl methyl sites for hydroxylation is 2. The van der Waals surface area contributed by atoms with E-state index in [4.69, 9.17) is 0 Å². The van der Waals surface area contributed by atoms with Crippen LogP contribution in [0, 0.1) is 12.8 Å². The molecule has 0 N–H and O–H groups in total. The van der Waals surface area contributed by atoms with E-state index in [1.54, 1.807) is 24.7 Å². The third-order valence-corrected chi connectivity index (χ3v) is 8.53. The molecule has 0 aliphatic carbocycles. The van der Waals surface area contributed by atoms with Gasteiger partial charge in [-0.15, -0.1) is 0 Å². The average Bonchev–Trinajstić information content (AvgIpc) is 3.35. The second kappa shape index (κ2) is 8.43. The summed E-state index contributed by atoms with van der Waals surface area (Å²) < 4.78 is 30.0. The molecule has 4 rings (SSSR count). The Balaban J connectivity index is 1.43. The van der Waals surface area contributed by atoms with Gasteiger partial charge in [-0.1, -0.05) is 28.1 Å². The van der Waals surface area contributed by atoms with Gasteiger partial charge in [0.2, 0.25) is 5.91 Å². The van der Waals surface area contributed by atoms with Crippen molar-refractivity contribution in [3.05, 3.63) is 46.3 Å². The Morgan fingerprint density at radius 3 is 2.53 bits per heavy atom. The molecule has 2 saturated heterocycles. The van der Waals surface area contributed by atoms with Crippen LogP contribution in [0.2, 0.25) is 0 Å². The van der Waals surface area contributed by atoms with Gasteiger partial charge >= 0.3 is 0 Å². The van der Waals surface area contributed by atoms with Crippen molar-refractivity contribution in [2.75, 3.05) is 19.6 Å². The first-order valence-electron chi connectivity index (χ1n) is 10.3. The zero-order valence-corrected chi connectivity index (χ0v) is 19.7. The predicted molar refractivity (Wildman–Crippen MR) is 117 cm³/mol. The van der Waals surface area contributed by atoms with Crippen LogP contribution in [-0.4, -0.2) is 52.7 Å². The summed E-state index contributed by atoms with van der Waals surface area (Å²) in [6.45, 7) is 3.25. The SMILES string of the molecule is Cc1nc(S(=O)(=O)N2CCC(C(=O)N3CCCC3c3cccc(Br)c3)CC2)cn1C. The maximum absolute atomic E-state index is 13.3. The molecule has 1 amide bonds. The van der Waals surface area contributed by atoms with E-state index in [1.807, 2.05) is 17.0 Å². The monoisotopic (exact) mass is 494 g/mol. The molecule has 2 aliphatic rings. The zero-order chi connectivity index (χ0) is 21.5. The number of hydrogen-bond acceptors (Lipinski definition) is 4. The van der Waals surface area contributed by atoms with Crippen molar-refractivity contribution in [1.82, 2.24) is 18.8 Å². The second-order valence-electron chi connectivity index (χ2n) is 8.16. The Labute approximate surface area is 186 Å². The lowest BCUT2D eigenvalue weighted by atomic mass is 9.95. The van der Waals surface area contributed by atoms with Crippen molar-refractivity contribution in [1.29, 1.82) is 0 Å². The van der Waals surface area contributed by atoms with E-state index in [0.29, 0.717) is 31.8 Å². The molecule has 2 fully saturated rings. The van der Waals surface area contributed by atoms with E-state index in [2.05, 4.69) is 33.0 Å². The number of halogens is 1. The summed E-state index contributed by atoms with van der Waals surface area (Å²) in [5, 5.41) is 0.0848. The molecular formula is C21H27BrN4O3S. The number of rotatable bonds is 4. The van der Waals surface area contributed by atoms with E-state index >= 15 is 0 Å². The number of imidazole rings is 1. The van der Waals surface area contributed by atoms with Gasteiger partial charge in [-0.05, 0) is 50.3 Å². The molecule has 0 spiro atoms. The fraction of sp³-hybridized carbons (Fsp3) is 0.524. The molecule has 7 nitrogen and oxygen atoms in total. The Hall–Kier alpha value is -1.71. The average molecular weight is 495 g/mol. The van der Waals surface area contributed by atoms with Gasteiger partial charge in [0.15, 0.2) is 5.03 Å². The lowest BCUT2D eigenvalue weighted by Crippen LogP contribution is -2.44. The van der Waals surface area contributed by atoms with Crippen molar-refractivity contribution < 1.29 is 13.2 Å². The number of benzene rings is 1. The topological polar surface area (TPSA) is 75.5 Å². The Bertz CT molecular complexity index is 1020. The van der Waals surface area contributed by atoms with Crippen LogP contribution in [0.4, 0.5) is 0 Å². The molecule has 2 aromatic rings. The van der Waals surface area contributed by atoms with Gasteiger partial charge in [0.25, 0.3) is 10.0 Å². The fourth-order valence-electron chi connectivity index (χ4n) is 4.45. The largest absolute Gasteiger partial charge is 0.337 e. The number of carbonyl (C=O) groups is 1. The number of aromatic nitrogens is 2. The number of piperidine rings is 1. The van der Waals surface area contributed by atoms with Crippen molar-refractivity contribution in [2.24, 2.45) is 13.0 Å². The van der Waals surface area contributed by atoms with Crippen LogP contribution in [0.15, 0.2) is 40.0 Å². The van der Waals surface area contributed by atoms with E-state index in [1.165, 1.54) is 4.31 Å². The second-order valence-corrected chi connectivity index (χ2v) is 11.0. The molecular weight excluding hydrogens is 468 g/mol. The van der Waals surface area contributed by atoms with E-state index in [9.17, 15) is 13.2 Å².